The van der Waals surface area contributed by atoms with Gasteiger partial charge in [0.15, 0.2) is 0 Å². The molecular weight excluding hydrogens is 234 g/mol. The lowest BCUT2D eigenvalue weighted by atomic mass is 10.2. The Labute approximate surface area is 106 Å². The highest BCUT2D eigenvalue weighted by molar-refractivity contribution is 5.84. The van der Waals surface area contributed by atoms with Crippen molar-refractivity contribution in [1.82, 2.24) is 0 Å². The summed E-state index contributed by atoms with van der Waals surface area (Å²) in [6, 6.07) is 5.23. The average Bonchev–Trinajstić information content (AvgIpc) is 2.39. The molecule has 18 heavy (non-hydrogen) atoms. The largest absolute Gasteiger partial charge is 0.497 e. The van der Waals surface area contributed by atoms with Gasteiger partial charge in [-0.3, -0.25) is 0 Å². The molecule has 0 saturated carbocycles. The van der Waals surface area contributed by atoms with Gasteiger partial charge in [0.05, 0.1) is 26.9 Å². The lowest BCUT2D eigenvalue weighted by Gasteiger charge is -2.06. The number of carbonyl (C=O) groups is 1. The standard InChI is InChI=1S/C13H15NO4/c1-4-5-13(15)18-14-9-10-6-7-11(16-2)8-12(10)17-3/h4,6-9H,1,5H2,2-3H3/b14-9+. The summed E-state index contributed by atoms with van der Waals surface area (Å²) in [4.78, 5) is 15.6. The van der Waals surface area contributed by atoms with Crippen molar-refractivity contribution in [3.63, 3.8) is 0 Å². The maximum absolute atomic E-state index is 11.0. The second kappa shape index (κ2) is 7.11. The quantitative estimate of drug-likeness (QED) is 0.335. The highest BCUT2D eigenvalue weighted by Gasteiger charge is 2.03. The number of nitrogens with zero attached hydrogens (tertiary/aromatic N) is 1. The summed E-state index contributed by atoms with van der Waals surface area (Å²) in [7, 11) is 3.11. The number of rotatable bonds is 6. The molecule has 0 saturated heterocycles. The number of ether oxygens (including phenoxy) is 2. The van der Waals surface area contributed by atoms with E-state index in [1.54, 1.807) is 25.3 Å². The highest BCUT2D eigenvalue weighted by Crippen LogP contribution is 2.23. The summed E-state index contributed by atoms with van der Waals surface area (Å²) in [5, 5.41) is 3.58. The Balaban J connectivity index is 2.74. The fourth-order valence-corrected chi connectivity index (χ4v) is 1.22. The Bertz CT molecular complexity index is 454. The van der Waals surface area contributed by atoms with Crippen LogP contribution in [0.2, 0.25) is 0 Å². The van der Waals surface area contributed by atoms with Gasteiger partial charge in [0, 0.05) is 11.6 Å². The Kier molecular flexibility index (Phi) is 5.44. The van der Waals surface area contributed by atoms with E-state index in [0.29, 0.717) is 17.1 Å². The predicted molar refractivity (Wildman–Crippen MR) is 68.0 cm³/mol. The molecule has 0 aliphatic heterocycles. The molecule has 0 radical (unpaired) electrons. The topological polar surface area (TPSA) is 57.1 Å². The molecule has 1 aromatic rings. The first-order valence-electron chi connectivity index (χ1n) is 5.27. The summed E-state index contributed by atoms with van der Waals surface area (Å²) in [5.41, 5.74) is 0.685. The molecule has 0 aliphatic rings. The first-order chi connectivity index (χ1) is 8.71. The highest BCUT2D eigenvalue weighted by atomic mass is 16.7. The van der Waals surface area contributed by atoms with E-state index in [1.807, 2.05) is 0 Å². The molecule has 96 valence electrons. The molecule has 0 heterocycles. The second-order valence-electron chi connectivity index (χ2n) is 3.30. The minimum atomic E-state index is -0.464. The maximum Gasteiger partial charge on any atom is 0.338 e. The van der Waals surface area contributed by atoms with Gasteiger partial charge in [0.1, 0.15) is 11.5 Å². The van der Waals surface area contributed by atoms with Crippen molar-refractivity contribution in [2.45, 2.75) is 6.42 Å². The molecule has 0 spiro atoms. The number of benzene rings is 1. The van der Waals surface area contributed by atoms with Crippen molar-refractivity contribution in [2.75, 3.05) is 14.2 Å². The fourth-order valence-electron chi connectivity index (χ4n) is 1.22. The molecule has 1 rings (SSSR count). The summed E-state index contributed by atoms with van der Waals surface area (Å²) in [6.45, 7) is 3.43. The van der Waals surface area contributed by atoms with Crippen molar-refractivity contribution in [3.05, 3.63) is 36.4 Å². The van der Waals surface area contributed by atoms with Crippen molar-refractivity contribution in [1.29, 1.82) is 0 Å². The molecule has 5 heteroatoms. The average molecular weight is 249 g/mol. The molecular formula is C13H15NO4. The van der Waals surface area contributed by atoms with Gasteiger partial charge in [0.2, 0.25) is 0 Å². The van der Waals surface area contributed by atoms with E-state index in [4.69, 9.17) is 9.47 Å². The third kappa shape index (κ3) is 3.93. The van der Waals surface area contributed by atoms with E-state index in [-0.39, 0.29) is 6.42 Å². The van der Waals surface area contributed by atoms with Gasteiger partial charge >= 0.3 is 5.97 Å². The van der Waals surface area contributed by atoms with Crippen molar-refractivity contribution < 1.29 is 19.1 Å². The van der Waals surface area contributed by atoms with Crippen LogP contribution in [0, 0.1) is 0 Å². The normalized spacial score (nSPS) is 10.1. The third-order valence-corrected chi connectivity index (χ3v) is 2.10. The minimum Gasteiger partial charge on any atom is -0.497 e. The zero-order chi connectivity index (χ0) is 13.4. The monoisotopic (exact) mass is 249 g/mol. The van der Waals surface area contributed by atoms with Crippen LogP contribution in [0.4, 0.5) is 0 Å². The van der Waals surface area contributed by atoms with E-state index in [9.17, 15) is 4.79 Å². The van der Waals surface area contributed by atoms with Crippen LogP contribution in [-0.4, -0.2) is 26.4 Å². The molecule has 0 amide bonds. The van der Waals surface area contributed by atoms with Crippen molar-refractivity contribution in [2.24, 2.45) is 5.16 Å². The summed E-state index contributed by atoms with van der Waals surface area (Å²) >= 11 is 0. The van der Waals surface area contributed by atoms with Gasteiger partial charge in [-0.2, -0.15) is 0 Å². The van der Waals surface area contributed by atoms with E-state index < -0.39 is 5.97 Å². The van der Waals surface area contributed by atoms with Gasteiger partial charge in [-0.1, -0.05) is 11.2 Å². The molecule has 5 nitrogen and oxygen atoms in total. The smallest absolute Gasteiger partial charge is 0.338 e. The number of oxime groups is 1. The van der Waals surface area contributed by atoms with Gasteiger partial charge < -0.3 is 14.3 Å². The van der Waals surface area contributed by atoms with Gasteiger partial charge in [-0.15, -0.1) is 6.58 Å². The van der Waals surface area contributed by atoms with E-state index in [2.05, 4.69) is 16.6 Å². The van der Waals surface area contributed by atoms with Gasteiger partial charge in [-0.25, -0.2) is 4.79 Å². The van der Waals surface area contributed by atoms with E-state index in [1.165, 1.54) is 19.4 Å². The van der Waals surface area contributed by atoms with Crippen molar-refractivity contribution in [3.8, 4) is 11.5 Å². The minimum absolute atomic E-state index is 0.122. The van der Waals surface area contributed by atoms with Crippen LogP contribution in [0.3, 0.4) is 0 Å². The molecule has 0 bridgehead atoms. The molecule has 0 aliphatic carbocycles. The molecule has 0 unspecified atom stereocenters. The number of hydrogen-bond donors (Lipinski definition) is 0. The lowest BCUT2D eigenvalue weighted by Crippen LogP contribution is -1.98. The summed E-state index contributed by atoms with van der Waals surface area (Å²) in [5.74, 6) is 0.791. The summed E-state index contributed by atoms with van der Waals surface area (Å²) < 4.78 is 10.2. The van der Waals surface area contributed by atoms with Crippen LogP contribution >= 0.6 is 0 Å². The van der Waals surface area contributed by atoms with Crippen LogP contribution < -0.4 is 9.47 Å². The Morgan fingerprint density at radius 1 is 1.39 bits per heavy atom. The molecule has 0 N–H and O–H groups in total. The second-order valence-corrected chi connectivity index (χ2v) is 3.30. The van der Waals surface area contributed by atoms with E-state index >= 15 is 0 Å². The Hall–Kier alpha value is -2.30. The number of carbonyl (C=O) groups excluding carboxylic acids is 1. The van der Waals surface area contributed by atoms with Crippen LogP contribution in [-0.2, 0) is 9.63 Å². The van der Waals surface area contributed by atoms with Crippen LogP contribution in [0.25, 0.3) is 0 Å². The third-order valence-electron chi connectivity index (χ3n) is 2.10. The molecule has 0 atom stereocenters. The zero-order valence-electron chi connectivity index (χ0n) is 10.4. The molecule has 1 aromatic carbocycles. The Morgan fingerprint density at radius 2 is 2.17 bits per heavy atom. The van der Waals surface area contributed by atoms with Gasteiger partial charge in [0.25, 0.3) is 0 Å². The van der Waals surface area contributed by atoms with Crippen LogP contribution in [0.5, 0.6) is 11.5 Å². The molecule has 0 fully saturated rings. The SMILES string of the molecule is C=CCC(=O)O/N=C/c1ccc(OC)cc1OC. The number of methoxy groups -OCH3 is 2. The van der Waals surface area contributed by atoms with Crippen LogP contribution in [0.15, 0.2) is 36.0 Å². The van der Waals surface area contributed by atoms with Gasteiger partial charge in [-0.05, 0) is 12.1 Å². The first-order valence-corrected chi connectivity index (χ1v) is 5.27. The Morgan fingerprint density at radius 3 is 2.78 bits per heavy atom. The lowest BCUT2D eigenvalue weighted by molar-refractivity contribution is -0.142. The first kappa shape index (κ1) is 13.8. The predicted octanol–water partition coefficient (Wildman–Crippen LogP) is 2.16. The maximum atomic E-state index is 11.0. The zero-order valence-corrected chi connectivity index (χ0v) is 10.4. The molecule has 0 aromatic heterocycles. The van der Waals surface area contributed by atoms with Crippen molar-refractivity contribution >= 4 is 12.2 Å². The van der Waals surface area contributed by atoms with Crippen LogP contribution in [0.1, 0.15) is 12.0 Å². The fraction of sp³-hybridized carbons (Fsp3) is 0.231. The number of hydrogen-bond acceptors (Lipinski definition) is 5. The summed E-state index contributed by atoms with van der Waals surface area (Å²) in [6.07, 6.45) is 2.97. The van der Waals surface area contributed by atoms with E-state index in [0.717, 1.165) is 0 Å².